The van der Waals surface area contributed by atoms with Gasteiger partial charge in [-0.3, -0.25) is 25.6 Å². The third-order valence-corrected chi connectivity index (χ3v) is 3.39. The number of carbonyl (C=O) groups is 1. The number of esters is 1. The van der Waals surface area contributed by atoms with E-state index in [0.717, 1.165) is 5.56 Å². The first-order chi connectivity index (χ1) is 12.4. The summed E-state index contributed by atoms with van der Waals surface area (Å²) in [6, 6.07) is 8.60. The van der Waals surface area contributed by atoms with Gasteiger partial charge in [0.05, 0.1) is 17.4 Å². The molecule has 1 rings (SSSR count). The third kappa shape index (κ3) is 10.4. The number of carbonyl (C=O) groups excluding carboxylic acids is 1. The van der Waals surface area contributed by atoms with Gasteiger partial charge in [-0.15, -0.1) is 0 Å². The van der Waals surface area contributed by atoms with Crippen LogP contribution in [0.15, 0.2) is 30.3 Å². The van der Waals surface area contributed by atoms with Crippen LogP contribution < -0.4 is 5.73 Å². The molecule has 6 N–H and O–H groups in total. The number of ether oxygens (including phenoxy) is 1. The fourth-order valence-corrected chi connectivity index (χ4v) is 2.15. The molecule has 0 spiro atoms. The molecule has 1 aromatic carbocycles. The Morgan fingerprint density at radius 2 is 1.77 bits per heavy atom. The maximum absolute atomic E-state index is 11.8. The van der Waals surface area contributed by atoms with E-state index in [4.69, 9.17) is 31.3 Å². The lowest BCUT2D eigenvalue weighted by atomic mass is 10.1. The molecule has 1 aromatic rings. The molecule has 2 unspecified atom stereocenters. The molecular formula is C15H25N3O8. The van der Waals surface area contributed by atoms with E-state index in [-0.39, 0.29) is 19.6 Å². The molecule has 0 aliphatic rings. The van der Waals surface area contributed by atoms with Gasteiger partial charge in [0, 0.05) is 0 Å². The summed E-state index contributed by atoms with van der Waals surface area (Å²) >= 11 is 0. The van der Waals surface area contributed by atoms with Crippen LogP contribution in [-0.4, -0.2) is 62.9 Å². The summed E-state index contributed by atoms with van der Waals surface area (Å²) in [4.78, 5) is 20.8. The van der Waals surface area contributed by atoms with Gasteiger partial charge >= 0.3 is 5.97 Å². The molecule has 0 bridgehead atoms. The number of benzene rings is 1. The Balaban J connectivity index is 2.21. The zero-order valence-corrected chi connectivity index (χ0v) is 14.2. The van der Waals surface area contributed by atoms with E-state index < -0.39 is 28.9 Å². The molecule has 0 aliphatic carbocycles. The second-order valence-electron chi connectivity index (χ2n) is 5.49. The highest BCUT2D eigenvalue weighted by molar-refractivity contribution is 5.75. The Morgan fingerprint density at radius 1 is 1.08 bits per heavy atom. The molecule has 0 radical (unpaired) electrons. The van der Waals surface area contributed by atoms with Crippen molar-refractivity contribution in [1.82, 2.24) is 10.8 Å². The zero-order valence-electron chi connectivity index (χ0n) is 14.2. The number of rotatable bonds is 13. The minimum absolute atomic E-state index is 0.142. The van der Waals surface area contributed by atoms with Gasteiger partial charge in [-0.2, -0.15) is 0 Å². The first-order valence-electron chi connectivity index (χ1n) is 8.00. The molecule has 0 amide bonds. The summed E-state index contributed by atoms with van der Waals surface area (Å²) in [6.07, 6.45) is 0.763. The Kier molecular flexibility index (Phi) is 10.9. The Bertz CT molecular complexity index is 503. The van der Waals surface area contributed by atoms with Gasteiger partial charge in [0.15, 0.2) is 0 Å². The summed E-state index contributed by atoms with van der Waals surface area (Å²) < 4.78 is 5.10. The Morgan fingerprint density at radius 3 is 2.38 bits per heavy atom. The monoisotopic (exact) mass is 375 g/mol. The maximum atomic E-state index is 11.8. The summed E-state index contributed by atoms with van der Waals surface area (Å²) in [7, 11) is 0. The fourth-order valence-electron chi connectivity index (χ4n) is 2.15. The highest BCUT2D eigenvalue weighted by Crippen LogP contribution is 2.08. The van der Waals surface area contributed by atoms with E-state index in [1.165, 1.54) is 0 Å². The van der Waals surface area contributed by atoms with Crippen LogP contribution >= 0.6 is 0 Å². The molecular weight excluding hydrogens is 350 g/mol. The number of hydrogen-bond acceptors (Lipinski definition) is 11. The smallest absolute Gasteiger partial charge is 0.323 e. The highest BCUT2D eigenvalue weighted by Gasteiger charge is 2.17. The van der Waals surface area contributed by atoms with Crippen molar-refractivity contribution in [2.24, 2.45) is 5.73 Å². The number of unbranched alkanes of at least 4 members (excludes halogenated alkanes) is 1. The predicted molar refractivity (Wildman–Crippen MR) is 84.6 cm³/mol. The van der Waals surface area contributed by atoms with Gasteiger partial charge in [0.1, 0.15) is 18.8 Å². The van der Waals surface area contributed by atoms with Crippen molar-refractivity contribution < 1.29 is 40.0 Å². The first-order valence-corrected chi connectivity index (χ1v) is 8.00. The summed E-state index contributed by atoms with van der Waals surface area (Å²) in [5.41, 5.74) is 6.75. The summed E-state index contributed by atoms with van der Waals surface area (Å²) in [6.45, 7) is -0.199. The van der Waals surface area contributed by atoms with E-state index in [1.807, 2.05) is 30.3 Å². The molecule has 0 aromatic heterocycles. The number of hydrogen-bond donors (Lipinski definition) is 5. The second-order valence-corrected chi connectivity index (χ2v) is 5.49. The second kappa shape index (κ2) is 12.6. The molecule has 2 atom stereocenters. The molecule has 26 heavy (non-hydrogen) atoms. The molecule has 0 fully saturated rings. The minimum atomic E-state index is -0.858. The van der Waals surface area contributed by atoms with Gasteiger partial charge in [-0.25, -0.2) is 9.68 Å². The van der Waals surface area contributed by atoms with Crippen molar-refractivity contribution >= 4 is 5.97 Å². The topological polar surface area (TPSA) is 158 Å². The van der Waals surface area contributed by atoms with Gasteiger partial charge in [0.2, 0.25) is 0 Å². The van der Waals surface area contributed by atoms with E-state index in [9.17, 15) is 4.79 Å². The molecule has 0 heterocycles. The molecule has 11 heteroatoms. The average molecular weight is 375 g/mol. The predicted octanol–water partition coefficient (Wildman–Crippen LogP) is 0.663. The summed E-state index contributed by atoms with van der Waals surface area (Å²) in [5, 5.41) is 33.2. The van der Waals surface area contributed by atoms with Crippen molar-refractivity contribution in [2.45, 2.75) is 37.8 Å². The van der Waals surface area contributed by atoms with Crippen molar-refractivity contribution in [3.63, 3.8) is 0 Å². The first kappa shape index (κ1) is 22.4. The van der Waals surface area contributed by atoms with Crippen molar-refractivity contribution in [1.29, 1.82) is 0 Å². The van der Waals surface area contributed by atoms with Gasteiger partial charge in [-0.1, -0.05) is 30.3 Å². The van der Waals surface area contributed by atoms with E-state index in [2.05, 4.69) is 9.68 Å². The van der Waals surface area contributed by atoms with Crippen LogP contribution in [0.2, 0.25) is 0 Å². The van der Waals surface area contributed by atoms with E-state index in [1.54, 1.807) is 0 Å². The van der Waals surface area contributed by atoms with Crippen LogP contribution in [-0.2, 0) is 25.6 Å². The SMILES string of the molecule is NC(Cc1ccccc1)C(=O)OCCCCC(CON(O)O)ON(O)O. The highest BCUT2D eigenvalue weighted by atomic mass is 17.1. The van der Waals surface area contributed by atoms with Crippen LogP contribution in [0.3, 0.4) is 0 Å². The quantitative estimate of drug-likeness (QED) is 0.187. The Hall–Kier alpha value is -1.67. The normalized spacial score (nSPS) is 13.8. The van der Waals surface area contributed by atoms with Crippen LogP contribution in [0.25, 0.3) is 0 Å². The van der Waals surface area contributed by atoms with Gasteiger partial charge < -0.3 is 10.5 Å². The molecule has 0 aliphatic heterocycles. The number of nitrogens with two attached hydrogens (primary N) is 1. The Labute approximate surface area is 150 Å². The van der Waals surface area contributed by atoms with E-state index in [0.29, 0.717) is 19.3 Å². The molecule has 0 saturated carbocycles. The van der Waals surface area contributed by atoms with Gasteiger partial charge in [-0.05, 0) is 31.2 Å². The standard InChI is InChI=1S/C15H25N3O8/c16-14(10-12-6-2-1-3-7-12)15(19)24-9-5-4-8-13(26-18(22)23)11-25-17(20)21/h1-3,6-7,13-14,20-23H,4-5,8-11,16H2. The van der Waals surface area contributed by atoms with Crippen LogP contribution in [0.4, 0.5) is 0 Å². The third-order valence-electron chi connectivity index (χ3n) is 3.39. The zero-order chi connectivity index (χ0) is 19.4. The largest absolute Gasteiger partial charge is 0.465 e. The number of nitrogens with zero attached hydrogens (tertiary/aromatic N) is 2. The minimum Gasteiger partial charge on any atom is -0.465 e. The van der Waals surface area contributed by atoms with Gasteiger partial charge in [0.25, 0.3) is 0 Å². The van der Waals surface area contributed by atoms with Crippen LogP contribution in [0, 0.1) is 0 Å². The fraction of sp³-hybridized carbons (Fsp3) is 0.533. The lowest BCUT2D eigenvalue weighted by molar-refractivity contribution is -0.527. The van der Waals surface area contributed by atoms with Crippen molar-refractivity contribution in [3.8, 4) is 0 Å². The molecule has 0 saturated heterocycles. The van der Waals surface area contributed by atoms with Crippen LogP contribution in [0.1, 0.15) is 24.8 Å². The summed E-state index contributed by atoms with van der Waals surface area (Å²) in [5.74, 6) is -0.502. The average Bonchev–Trinajstić information content (AvgIpc) is 2.59. The van der Waals surface area contributed by atoms with E-state index >= 15 is 0 Å². The lowest BCUT2D eigenvalue weighted by Crippen LogP contribution is -2.34. The van der Waals surface area contributed by atoms with Crippen molar-refractivity contribution in [3.05, 3.63) is 35.9 Å². The van der Waals surface area contributed by atoms with Crippen molar-refractivity contribution in [2.75, 3.05) is 13.2 Å². The maximum Gasteiger partial charge on any atom is 0.323 e. The lowest BCUT2D eigenvalue weighted by Gasteiger charge is -2.19. The van der Waals surface area contributed by atoms with Crippen LogP contribution in [0.5, 0.6) is 0 Å². The molecule has 11 nitrogen and oxygen atoms in total. The molecule has 148 valence electrons.